The average Bonchev–Trinajstić information content (AvgIpc) is 3.64. The summed E-state index contributed by atoms with van der Waals surface area (Å²) in [6.45, 7) is 8.56. The number of nitrogens with zero attached hydrogens (tertiary/aromatic N) is 3. The Morgan fingerprint density at radius 3 is 1.92 bits per heavy atom. The van der Waals surface area contributed by atoms with Crippen molar-refractivity contribution in [3.63, 3.8) is 0 Å². The van der Waals surface area contributed by atoms with Gasteiger partial charge >= 0.3 is 24.3 Å². The van der Waals surface area contributed by atoms with E-state index in [0.29, 0.717) is 11.5 Å². The monoisotopic (exact) mass is 572 g/mol. The van der Waals surface area contributed by atoms with Gasteiger partial charge in [-0.15, -0.1) is 0 Å². The van der Waals surface area contributed by atoms with Gasteiger partial charge in [-0.2, -0.15) is 26.3 Å². The smallest absolute Gasteiger partial charge is 0.475 e. The first-order chi connectivity index (χ1) is 17.8. The van der Waals surface area contributed by atoms with Gasteiger partial charge in [0, 0.05) is 52.4 Å². The highest BCUT2D eigenvalue weighted by molar-refractivity contribution is 5.98. The minimum atomic E-state index is -5.08. The molecule has 0 bridgehead atoms. The summed E-state index contributed by atoms with van der Waals surface area (Å²) in [5.41, 5.74) is 3.12. The number of hydrogen-bond donors (Lipinski definition) is 3. The highest BCUT2D eigenvalue weighted by Gasteiger charge is 2.39. The number of nitrogens with one attached hydrogen (secondary N) is 1. The molecule has 0 aromatic carbocycles. The van der Waals surface area contributed by atoms with Gasteiger partial charge in [-0.25, -0.2) is 14.6 Å². The summed E-state index contributed by atoms with van der Waals surface area (Å²) in [5, 5.41) is 17.7. The molecule has 1 amide bonds. The van der Waals surface area contributed by atoms with Crippen LogP contribution in [0.4, 0.5) is 32.2 Å². The van der Waals surface area contributed by atoms with Crippen molar-refractivity contribution in [1.29, 1.82) is 0 Å². The number of rotatable bonds is 6. The number of amides is 1. The number of hydrogen-bond acceptors (Lipinski definition) is 6. The van der Waals surface area contributed by atoms with E-state index in [4.69, 9.17) is 24.8 Å². The minimum Gasteiger partial charge on any atom is -0.475 e. The quantitative estimate of drug-likeness (QED) is 0.439. The molecule has 1 fully saturated rings. The summed E-state index contributed by atoms with van der Waals surface area (Å²) in [4.78, 5) is 39.5. The van der Waals surface area contributed by atoms with Gasteiger partial charge < -0.3 is 25.3 Å². The van der Waals surface area contributed by atoms with Crippen molar-refractivity contribution in [3.8, 4) is 0 Å². The molecule has 0 atom stereocenters. The molecule has 0 spiro atoms. The van der Waals surface area contributed by atoms with Crippen LogP contribution in [-0.4, -0.2) is 95.5 Å². The van der Waals surface area contributed by atoms with Gasteiger partial charge in [0.15, 0.2) is 0 Å². The van der Waals surface area contributed by atoms with E-state index in [-0.39, 0.29) is 5.91 Å². The van der Waals surface area contributed by atoms with Crippen molar-refractivity contribution in [1.82, 2.24) is 14.8 Å². The lowest BCUT2D eigenvalue weighted by Crippen LogP contribution is -2.28. The number of carboxylic acids is 2. The minimum absolute atomic E-state index is 0.0284. The van der Waals surface area contributed by atoms with Gasteiger partial charge in [0.25, 0.3) is 5.91 Å². The first kappa shape index (κ1) is 33.9. The summed E-state index contributed by atoms with van der Waals surface area (Å²) in [6.07, 6.45) is -5.40. The summed E-state index contributed by atoms with van der Waals surface area (Å²) >= 11 is 0. The molecule has 3 rings (SSSR count). The number of aliphatic carboxylic acids is 2. The van der Waals surface area contributed by atoms with Crippen molar-refractivity contribution >= 4 is 23.7 Å². The second-order valence-electron chi connectivity index (χ2n) is 9.81. The number of aromatic nitrogens is 1. The van der Waals surface area contributed by atoms with Crippen molar-refractivity contribution in [2.75, 3.05) is 45.6 Å². The summed E-state index contributed by atoms with van der Waals surface area (Å²) in [7, 11) is 3.61. The molecule has 0 unspecified atom stereocenters. The fourth-order valence-corrected chi connectivity index (χ4v) is 3.37. The lowest BCUT2D eigenvalue weighted by atomic mass is 10.0. The number of pyridine rings is 1. The standard InChI is InChI=1S/C20H32N4O.2C2HF3O2/c1-14(2)12-21-19-17(20(25)23(3)4)11-16-7-9-24(13-15-5-6-15)10-8-18(16)22-19;2*3-2(4,5)1(6)7/h11,14-15H,5-10,12-13H2,1-4H3,(H,21,22);2*(H,6,7). The Morgan fingerprint density at radius 1 is 1.03 bits per heavy atom. The first-order valence-electron chi connectivity index (χ1n) is 12.1. The molecule has 1 aliphatic carbocycles. The molecular formula is C24H34F6N4O5. The molecule has 1 aromatic heterocycles. The van der Waals surface area contributed by atoms with Gasteiger partial charge in [-0.3, -0.25) is 4.79 Å². The third kappa shape index (κ3) is 12.5. The molecule has 1 aliphatic heterocycles. The molecule has 2 aliphatic rings. The zero-order chi connectivity index (χ0) is 30.1. The third-order valence-electron chi connectivity index (χ3n) is 5.57. The second kappa shape index (κ2) is 14.3. The predicted octanol–water partition coefficient (Wildman–Crippen LogP) is 3.93. The Kier molecular flexibility index (Phi) is 12.5. The van der Waals surface area contributed by atoms with E-state index in [1.54, 1.807) is 19.0 Å². The van der Waals surface area contributed by atoms with Gasteiger partial charge in [0.05, 0.1) is 5.56 Å². The SMILES string of the molecule is CC(C)CNc1nc2c(cc1C(=O)N(C)C)CCN(CC1CC1)CC2.O=C(O)C(F)(F)F.O=C(O)C(F)(F)F. The molecule has 0 radical (unpaired) electrons. The number of carbonyl (C=O) groups is 3. The number of halogens is 6. The van der Waals surface area contributed by atoms with Crippen molar-refractivity contribution in [2.24, 2.45) is 11.8 Å². The maximum absolute atomic E-state index is 12.6. The normalized spacial score (nSPS) is 15.6. The van der Waals surface area contributed by atoms with Crippen LogP contribution < -0.4 is 5.32 Å². The summed E-state index contributed by atoms with van der Waals surface area (Å²) < 4.78 is 63.5. The van der Waals surface area contributed by atoms with E-state index in [2.05, 4.69) is 30.1 Å². The maximum Gasteiger partial charge on any atom is 0.490 e. The van der Waals surface area contributed by atoms with E-state index >= 15 is 0 Å². The van der Waals surface area contributed by atoms with Crippen LogP contribution in [0.25, 0.3) is 0 Å². The van der Waals surface area contributed by atoms with Gasteiger partial charge in [-0.1, -0.05) is 13.8 Å². The van der Waals surface area contributed by atoms with E-state index < -0.39 is 24.3 Å². The topological polar surface area (TPSA) is 123 Å². The first-order valence-corrected chi connectivity index (χ1v) is 12.1. The summed E-state index contributed by atoms with van der Waals surface area (Å²) in [6, 6.07) is 2.09. The van der Waals surface area contributed by atoms with Crippen molar-refractivity contribution in [3.05, 3.63) is 22.9 Å². The fourth-order valence-electron chi connectivity index (χ4n) is 3.37. The van der Waals surface area contributed by atoms with Crippen LogP contribution in [0.3, 0.4) is 0 Å². The predicted molar refractivity (Wildman–Crippen MR) is 130 cm³/mol. The molecule has 3 N–H and O–H groups in total. The average molecular weight is 573 g/mol. The zero-order valence-corrected chi connectivity index (χ0v) is 22.1. The number of fused-ring (bicyclic) bond motifs is 1. The number of carboxylic acid groups (broad SMARTS) is 2. The van der Waals surface area contributed by atoms with Crippen LogP contribution in [0.15, 0.2) is 6.07 Å². The molecule has 222 valence electrons. The largest absolute Gasteiger partial charge is 0.490 e. The number of carbonyl (C=O) groups excluding carboxylic acids is 1. The molecule has 9 nitrogen and oxygen atoms in total. The van der Waals surface area contributed by atoms with E-state index in [0.717, 1.165) is 44.2 Å². The van der Waals surface area contributed by atoms with Crippen LogP contribution in [0.2, 0.25) is 0 Å². The molecule has 2 heterocycles. The Bertz CT molecular complexity index is 970. The van der Waals surface area contributed by atoms with Crippen LogP contribution in [-0.2, 0) is 22.4 Å². The Hall–Kier alpha value is -3.10. The van der Waals surface area contributed by atoms with Crippen LogP contribution >= 0.6 is 0 Å². The fraction of sp³-hybridized carbons (Fsp3) is 0.667. The molecular weight excluding hydrogens is 538 g/mol. The van der Waals surface area contributed by atoms with Crippen molar-refractivity contribution in [2.45, 2.75) is 51.9 Å². The lowest BCUT2D eigenvalue weighted by Gasteiger charge is -2.18. The summed E-state index contributed by atoms with van der Waals surface area (Å²) in [5.74, 6) is -3.30. The number of alkyl halides is 6. The molecule has 1 saturated carbocycles. The molecule has 39 heavy (non-hydrogen) atoms. The maximum atomic E-state index is 12.6. The van der Waals surface area contributed by atoms with Gasteiger partial charge in [-0.05, 0) is 42.7 Å². The highest BCUT2D eigenvalue weighted by atomic mass is 19.4. The van der Waals surface area contributed by atoms with E-state index in [9.17, 15) is 31.1 Å². The third-order valence-corrected chi connectivity index (χ3v) is 5.57. The van der Waals surface area contributed by atoms with Crippen molar-refractivity contribution < 1.29 is 50.9 Å². The van der Waals surface area contributed by atoms with Crippen LogP contribution in [0.5, 0.6) is 0 Å². The number of anilines is 1. The Balaban J connectivity index is 0.000000449. The van der Waals surface area contributed by atoms with E-state index in [1.165, 1.54) is 30.6 Å². The Morgan fingerprint density at radius 2 is 1.51 bits per heavy atom. The van der Waals surface area contributed by atoms with Crippen LogP contribution in [0, 0.1) is 11.8 Å². The second-order valence-corrected chi connectivity index (χ2v) is 9.81. The van der Waals surface area contributed by atoms with Gasteiger partial charge in [0.2, 0.25) is 0 Å². The molecule has 1 aromatic rings. The zero-order valence-electron chi connectivity index (χ0n) is 22.1. The molecule has 15 heteroatoms. The Labute approximate surface area is 222 Å². The molecule has 0 saturated heterocycles. The highest BCUT2D eigenvalue weighted by Crippen LogP contribution is 2.31. The lowest BCUT2D eigenvalue weighted by molar-refractivity contribution is -0.193. The van der Waals surface area contributed by atoms with Gasteiger partial charge in [0.1, 0.15) is 5.82 Å². The van der Waals surface area contributed by atoms with Crippen LogP contribution in [0.1, 0.15) is 48.3 Å². The van der Waals surface area contributed by atoms with E-state index in [1.807, 2.05) is 0 Å².